The van der Waals surface area contributed by atoms with Crippen LogP contribution in [0.4, 0.5) is 0 Å². The van der Waals surface area contributed by atoms with Crippen LogP contribution in [-0.2, 0) is 9.47 Å². The summed E-state index contributed by atoms with van der Waals surface area (Å²) in [6, 6.07) is 5.22. The zero-order valence-corrected chi connectivity index (χ0v) is 22.4. The SMILES string of the molecule is CN=C(NCC(CC(C)C)N1CCOCC1)NCC(c1cccs1)N1CCOCC1.I. The molecule has 2 atom stereocenters. The van der Waals surface area contributed by atoms with Crippen molar-refractivity contribution in [3.63, 3.8) is 0 Å². The van der Waals surface area contributed by atoms with Gasteiger partial charge in [-0.1, -0.05) is 19.9 Å². The van der Waals surface area contributed by atoms with Gasteiger partial charge in [0.2, 0.25) is 0 Å². The maximum atomic E-state index is 5.56. The van der Waals surface area contributed by atoms with E-state index in [0.29, 0.717) is 18.0 Å². The number of thiophene rings is 1. The minimum atomic E-state index is 0. The van der Waals surface area contributed by atoms with Crippen molar-refractivity contribution < 1.29 is 9.47 Å². The minimum Gasteiger partial charge on any atom is -0.379 e. The second kappa shape index (κ2) is 14.6. The highest BCUT2D eigenvalue weighted by atomic mass is 127. The number of guanidine groups is 1. The molecule has 0 radical (unpaired) electrons. The van der Waals surface area contributed by atoms with Gasteiger partial charge in [0.1, 0.15) is 0 Å². The fraction of sp³-hybridized carbons (Fsp3) is 0.773. The number of halogens is 1. The third-order valence-corrected chi connectivity index (χ3v) is 6.83. The standard InChI is InChI=1S/C22H39N5O2S.HI/c1-18(2)15-19(26-6-10-28-11-7-26)16-24-22(23-3)25-17-20(21-5-4-14-30-21)27-8-12-29-13-9-27;/h4-5,14,18-20H,6-13,15-17H2,1-3H3,(H2,23,24,25);1H. The second-order valence-electron chi connectivity index (χ2n) is 8.45. The molecule has 0 aliphatic carbocycles. The number of aliphatic imine (C=N–C) groups is 1. The maximum absolute atomic E-state index is 5.56. The third-order valence-electron chi connectivity index (χ3n) is 5.86. The fourth-order valence-corrected chi connectivity index (χ4v) is 5.12. The Bertz CT molecular complexity index is 619. The Kier molecular flexibility index (Phi) is 12.7. The number of nitrogens with one attached hydrogen (secondary N) is 2. The molecule has 7 nitrogen and oxygen atoms in total. The molecule has 2 saturated heterocycles. The van der Waals surface area contributed by atoms with Crippen molar-refractivity contribution in [3.05, 3.63) is 22.4 Å². The molecule has 2 aliphatic heterocycles. The molecule has 2 aliphatic rings. The quantitative estimate of drug-likeness (QED) is 0.273. The average molecular weight is 566 g/mol. The first-order chi connectivity index (χ1) is 14.7. The summed E-state index contributed by atoms with van der Waals surface area (Å²) in [5.41, 5.74) is 0. The molecule has 2 fully saturated rings. The van der Waals surface area contributed by atoms with Gasteiger partial charge in [0, 0.05) is 57.2 Å². The van der Waals surface area contributed by atoms with Crippen LogP contribution in [0.1, 0.15) is 31.2 Å². The number of hydrogen-bond donors (Lipinski definition) is 2. The van der Waals surface area contributed by atoms with Gasteiger partial charge in [-0.2, -0.15) is 0 Å². The van der Waals surface area contributed by atoms with Crippen molar-refractivity contribution in [2.75, 3.05) is 72.7 Å². The van der Waals surface area contributed by atoms with Crippen LogP contribution in [0.25, 0.3) is 0 Å². The molecule has 0 spiro atoms. The lowest BCUT2D eigenvalue weighted by atomic mass is 10.0. The second-order valence-corrected chi connectivity index (χ2v) is 9.42. The lowest BCUT2D eigenvalue weighted by Gasteiger charge is -2.36. The summed E-state index contributed by atoms with van der Waals surface area (Å²) in [7, 11) is 1.86. The molecule has 0 amide bonds. The van der Waals surface area contributed by atoms with Gasteiger partial charge >= 0.3 is 0 Å². The summed E-state index contributed by atoms with van der Waals surface area (Å²) in [5, 5.41) is 9.34. The molecule has 1 aromatic rings. The first-order valence-electron chi connectivity index (χ1n) is 11.3. The molecule has 0 saturated carbocycles. The molecule has 178 valence electrons. The molecule has 2 N–H and O–H groups in total. The van der Waals surface area contributed by atoms with E-state index in [0.717, 1.165) is 71.7 Å². The Morgan fingerprint density at radius 2 is 1.65 bits per heavy atom. The summed E-state index contributed by atoms with van der Waals surface area (Å²) in [6.07, 6.45) is 1.18. The highest BCUT2D eigenvalue weighted by molar-refractivity contribution is 14.0. The zero-order valence-electron chi connectivity index (χ0n) is 19.2. The summed E-state index contributed by atoms with van der Waals surface area (Å²) in [4.78, 5) is 11.0. The van der Waals surface area contributed by atoms with E-state index < -0.39 is 0 Å². The number of ether oxygens (including phenoxy) is 2. The van der Waals surface area contributed by atoms with E-state index in [1.165, 1.54) is 11.3 Å². The van der Waals surface area contributed by atoms with Gasteiger partial charge < -0.3 is 20.1 Å². The monoisotopic (exact) mass is 565 g/mol. The lowest BCUT2D eigenvalue weighted by Crippen LogP contribution is -2.52. The van der Waals surface area contributed by atoms with Crippen LogP contribution in [0.15, 0.2) is 22.5 Å². The van der Waals surface area contributed by atoms with Gasteiger partial charge in [-0.3, -0.25) is 14.8 Å². The fourth-order valence-electron chi connectivity index (χ4n) is 4.26. The molecule has 31 heavy (non-hydrogen) atoms. The van der Waals surface area contributed by atoms with Gasteiger partial charge in [0.15, 0.2) is 5.96 Å². The van der Waals surface area contributed by atoms with Crippen LogP contribution >= 0.6 is 35.3 Å². The molecule has 3 rings (SSSR count). The Morgan fingerprint density at radius 3 is 2.19 bits per heavy atom. The molecule has 3 heterocycles. The van der Waals surface area contributed by atoms with Crippen LogP contribution in [0.2, 0.25) is 0 Å². The number of hydrogen-bond acceptors (Lipinski definition) is 6. The van der Waals surface area contributed by atoms with E-state index in [-0.39, 0.29) is 24.0 Å². The van der Waals surface area contributed by atoms with Crippen molar-refractivity contribution in [2.45, 2.75) is 32.4 Å². The highest BCUT2D eigenvalue weighted by Gasteiger charge is 2.25. The lowest BCUT2D eigenvalue weighted by molar-refractivity contribution is 0.0131. The highest BCUT2D eigenvalue weighted by Crippen LogP contribution is 2.25. The molecular formula is C22H40IN5O2S. The third kappa shape index (κ3) is 8.77. The molecule has 0 aromatic carbocycles. The van der Waals surface area contributed by atoms with E-state index in [2.05, 4.69) is 56.8 Å². The first-order valence-corrected chi connectivity index (χ1v) is 12.2. The van der Waals surface area contributed by atoms with Crippen LogP contribution < -0.4 is 10.6 Å². The van der Waals surface area contributed by atoms with E-state index >= 15 is 0 Å². The van der Waals surface area contributed by atoms with Crippen molar-refractivity contribution in [2.24, 2.45) is 10.9 Å². The molecular weight excluding hydrogens is 525 g/mol. The summed E-state index contributed by atoms with van der Waals surface area (Å²) >= 11 is 1.83. The predicted molar refractivity (Wildman–Crippen MR) is 140 cm³/mol. The van der Waals surface area contributed by atoms with Crippen molar-refractivity contribution in [1.29, 1.82) is 0 Å². The van der Waals surface area contributed by atoms with Crippen molar-refractivity contribution in [3.8, 4) is 0 Å². The summed E-state index contributed by atoms with van der Waals surface area (Å²) in [5.74, 6) is 1.55. The van der Waals surface area contributed by atoms with Crippen molar-refractivity contribution >= 4 is 41.3 Å². The van der Waals surface area contributed by atoms with E-state index in [9.17, 15) is 0 Å². The normalized spacial score (nSPS) is 20.8. The van der Waals surface area contributed by atoms with Crippen LogP contribution in [0.5, 0.6) is 0 Å². The number of rotatable bonds is 9. The number of morpholine rings is 2. The van der Waals surface area contributed by atoms with Gasteiger partial charge in [0.05, 0.1) is 32.5 Å². The number of nitrogens with zero attached hydrogens (tertiary/aromatic N) is 3. The minimum absolute atomic E-state index is 0. The largest absolute Gasteiger partial charge is 0.379 e. The van der Waals surface area contributed by atoms with Gasteiger partial charge in [0.25, 0.3) is 0 Å². The first kappa shape index (κ1) is 26.8. The predicted octanol–water partition coefficient (Wildman–Crippen LogP) is 2.65. The molecule has 0 bridgehead atoms. The molecule has 9 heteroatoms. The Hall–Kier alpha value is -0.460. The van der Waals surface area contributed by atoms with Crippen LogP contribution in [0, 0.1) is 5.92 Å². The Labute approximate surface area is 209 Å². The average Bonchev–Trinajstić information content (AvgIpc) is 3.31. The Balaban J connectivity index is 0.00000341. The van der Waals surface area contributed by atoms with Crippen LogP contribution in [-0.4, -0.2) is 94.5 Å². The van der Waals surface area contributed by atoms with Crippen molar-refractivity contribution in [1.82, 2.24) is 20.4 Å². The van der Waals surface area contributed by atoms with Gasteiger partial charge in [-0.25, -0.2) is 0 Å². The van der Waals surface area contributed by atoms with E-state index in [4.69, 9.17) is 9.47 Å². The Morgan fingerprint density at radius 1 is 1.03 bits per heavy atom. The summed E-state index contributed by atoms with van der Waals surface area (Å²) < 4.78 is 11.1. The topological polar surface area (TPSA) is 61.4 Å². The van der Waals surface area contributed by atoms with Gasteiger partial charge in [-0.05, 0) is 23.8 Å². The molecule has 2 unspecified atom stereocenters. The summed E-state index contributed by atoms with van der Waals surface area (Å²) in [6.45, 7) is 13.6. The molecule has 1 aromatic heterocycles. The van der Waals surface area contributed by atoms with E-state index in [1.54, 1.807) is 0 Å². The zero-order chi connectivity index (χ0) is 21.2. The smallest absolute Gasteiger partial charge is 0.191 e. The van der Waals surface area contributed by atoms with E-state index in [1.807, 2.05) is 18.4 Å². The van der Waals surface area contributed by atoms with Gasteiger partial charge in [-0.15, -0.1) is 35.3 Å². The maximum Gasteiger partial charge on any atom is 0.191 e. The van der Waals surface area contributed by atoms with Crippen LogP contribution in [0.3, 0.4) is 0 Å².